The molecule has 0 bridgehead atoms. The van der Waals surface area contributed by atoms with Crippen LogP contribution >= 0.6 is 15.9 Å². The molecule has 2 aromatic rings. The summed E-state index contributed by atoms with van der Waals surface area (Å²) < 4.78 is 17.1. The van der Waals surface area contributed by atoms with Gasteiger partial charge < -0.3 is 14.2 Å². The molecule has 3 atom stereocenters. The molecule has 0 saturated heterocycles. The van der Waals surface area contributed by atoms with Crippen molar-refractivity contribution < 1.29 is 23.8 Å². The van der Waals surface area contributed by atoms with Gasteiger partial charge in [-0.05, 0) is 55.5 Å². The van der Waals surface area contributed by atoms with E-state index in [1.807, 2.05) is 49.4 Å². The predicted octanol–water partition coefficient (Wildman–Crippen LogP) is 5.60. The summed E-state index contributed by atoms with van der Waals surface area (Å²) >= 11 is 3.63. The quantitative estimate of drug-likeness (QED) is 0.458. The van der Waals surface area contributed by atoms with Gasteiger partial charge in [-0.2, -0.15) is 0 Å². The van der Waals surface area contributed by atoms with Crippen molar-refractivity contribution in [3.8, 4) is 11.5 Å². The Morgan fingerprint density at radius 1 is 1.09 bits per heavy atom. The molecular formula is C27H28BrNO5. The maximum Gasteiger partial charge on any atom is 0.315 e. The van der Waals surface area contributed by atoms with E-state index in [1.165, 1.54) is 0 Å². The van der Waals surface area contributed by atoms with Crippen molar-refractivity contribution in [1.82, 2.24) is 0 Å². The number of carbonyl (C=O) groups excluding carboxylic acids is 2. The maximum atomic E-state index is 13.7. The minimum Gasteiger partial charge on any atom is -0.493 e. The van der Waals surface area contributed by atoms with Gasteiger partial charge in [0.05, 0.1) is 20.8 Å². The number of rotatable bonds is 6. The number of nitrogens with zero attached hydrogens (tertiary/aromatic N) is 1. The normalized spacial score (nSPS) is 22.1. The zero-order chi connectivity index (χ0) is 24.4. The first kappa shape index (κ1) is 24.2. The smallest absolute Gasteiger partial charge is 0.315 e. The van der Waals surface area contributed by atoms with Crippen molar-refractivity contribution in [3.63, 3.8) is 0 Å². The Labute approximate surface area is 208 Å². The van der Waals surface area contributed by atoms with Crippen LogP contribution in [-0.2, 0) is 14.3 Å². The summed E-state index contributed by atoms with van der Waals surface area (Å²) in [6.07, 6.45) is 0.934. The van der Waals surface area contributed by atoms with Gasteiger partial charge in [-0.15, -0.1) is 0 Å². The van der Waals surface area contributed by atoms with Crippen molar-refractivity contribution in [2.24, 2.45) is 10.9 Å². The fourth-order valence-electron chi connectivity index (χ4n) is 5.00. The molecule has 1 heterocycles. The standard InChI is InChI=1S/C27H28BrNO5/c1-5-34-27(31)24-15(2)29-20-12-17(16-10-11-22(32-3)23(14-16)33-4)13-21(30)26(20)25(24)18-8-6-7-9-19(18)28/h6-11,14,17,24-25H,5,12-13H2,1-4H3/t17-,24?,25-/m0/s1. The highest BCUT2D eigenvalue weighted by Gasteiger charge is 2.45. The first-order valence-corrected chi connectivity index (χ1v) is 12.1. The molecule has 6 nitrogen and oxygen atoms in total. The van der Waals surface area contributed by atoms with E-state index in [1.54, 1.807) is 21.1 Å². The maximum absolute atomic E-state index is 13.7. The third kappa shape index (κ3) is 4.41. The van der Waals surface area contributed by atoms with Gasteiger partial charge in [0.2, 0.25) is 0 Å². The third-order valence-electron chi connectivity index (χ3n) is 6.55. The van der Waals surface area contributed by atoms with E-state index in [4.69, 9.17) is 19.2 Å². The fourth-order valence-corrected chi connectivity index (χ4v) is 5.53. The minimum absolute atomic E-state index is 0.00679. The Kier molecular flexibility index (Phi) is 7.22. The van der Waals surface area contributed by atoms with E-state index in [2.05, 4.69) is 15.9 Å². The molecule has 0 aromatic heterocycles. The molecule has 4 rings (SSSR count). The van der Waals surface area contributed by atoms with Gasteiger partial charge in [-0.25, -0.2) is 0 Å². The Hall–Kier alpha value is -2.93. The molecule has 34 heavy (non-hydrogen) atoms. The predicted molar refractivity (Wildman–Crippen MR) is 134 cm³/mol. The van der Waals surface area contributed by atoms with Crippen molar-refractivity contribution in [2.45, 2.75) is 38.5 Å². The molecule has 0 N–H and O–H groups in total. The molecule has 1 unspecified atom stereocenters. The number of aliphatic imine (C=N–C) groups is 1. The first-order valence-electron chi connectivity index (χ1n) is 11.3. The number of Topliss-reactive ketones (excluding diaryl/α,β-unsaturated/α-hetero) is 1. The molecule has 0 saturated carbocycles. The topological polar surface area (TPSA) is 74.2 Å². The number of halogens is 1. The summed E-state index contributed by atoms with van der Waals surface area (Å²) in [6.45, 7) is 3.90. The summed E-state index contributed by atoms with van der Waals surface area (Å²) in [5.74, 6) is -0.199. The number of methoxy groups -OCH3 is 2. The summed E-state index contributed by atoms with van der Waals surface area (Å²) in [5.41, 5.74) is 3.91. The lowest BCUT2D eigenvalue weighted by Gasteiger charge is -2.37. The molecule has 2 aromatic carbocycles. The number of hydrogen-bond donors (Lipinski definition) is 0. The van der Waals surface area contributed by atoms with Crippen LogP contribution in [0, 0.1) is 5.92 Å². The summed E-state index contributed by atoms with van der Waals surface area (Å²) in [7, 11) is 3.20. The lowest BCUT2D eigenvalue weighted by atomic mass is 9.69. The molecule has 0 fully saturated rings. The second-order valence-electron chi connectivity index (χ2n) is 8.49. The second-order valence-corrected chi connectivity index (χ2v) is 9.34. The van der Waals surface area contributed by atoms with Crippen LogP contribution in [0.2, 0.25) is 0 Å². The van der Waals surface area contributed by atoms with Crippen LogP contribution < -0.4 is 9.47 Å². The molecule has 7 heteroatoms. The van der Waals surface area contributed by atoms with E-state index in [9.17, 15) is 9.59 Å². The van der Waals surface area contributed by atoms with Crippen LogP contribution in [0.1, 0.15) is 49.7 Å². The number of hydrogen-bond acceptors (Lipinski definition) is 6. The fraction of sp³-hybridized carbons (Fsp3) is 0.370. The molecule has 1 aliphatic carbocycles. The highest BCUT2D eigenvalue weighted by Crippen LogP contribution is 2.48. The summed E-state index contributed by atoms with van der Waals surface area (Å²) in [6, 6.07) is 13.5. The zero-order valence-corrected chi connectivity index (χ0v) is 21.3. The lowest BCUT2D eigenvalue weighted by Crippen LogP contribution is -2.38. The number of ether oxygens (including phenoxy) is 3. The number of benzene rings is 2. The average molecular weight is 526 g/mol. The molecule has 2 aliphatic rings. The Balaban J connectivity index is 1.79. The van der Waals surface area contributed by atoms with E-state index in [0.717, 1.165) is 21.3 Å². The molecule has 1 aliphatic heterocycles. The Morgan fingerprint density at radius 2 is 1.82 bits per heavy atom. The number of allylic oxidation sites excluding steroid dienone is 2. The van der Waals surface area contributed by atoms with Crippen molar-refractivity contribution >= 4 is 33.4 Å². The minimum atomic E-state index is -0.640. The van der Waals surface area contributed by atoms with E-state index >= 15 is 0 Å². The van der Waals surface area contributed by atoms with Gasteiger partial charge >= 0.3 is 5.97 Å². The van der Waals surface area contributed by atoms with Crippen LogP contribution in [-0.4, -0.2) is 38.3 Å². The van der Waals surface area contributed by atoms with Gasteiger partial charge in [0.15, 0.2) is 17.3 Å². The third-order valence-corrected chi connectivity index (χ3v) is 7.27. The van der Waals surface area contributed by atoms with E-state index < -0.39 is 11.8 Å². The molecule has 178 valence electrons. The Bertz CT molecular complexity index is 1190. The lowest BCUT2D eigenvalue weighted by molar-refractivity contribution is -0.146. The molecule has 0 spiro atoms. The highest BCUT2D eigenvalue weighted by atomic mass is 79.9. The summed E-state index contributed by atoms with van der Waals surface area (Å²) in [4.78, 5) is 31.5. The summed E-state index contributed by atoms with van der Waals surface area (Å²) in [5, 5.41) is 0. The van der Waals surface area contributed by atoms with E-state index in [-0.39, 0.29) is 24.3 Å². The van der Waals surface area contributed by atoms with Gasteiger partial charge in [0.25, 0.3) is 0 Å². The van der Waals surface area contributed by atoms with Crippen LogP contribution in [0.5, 0.6) is 11.5 Å². The van der Waals surface area contributed by atoms with Crippen LogP contribution in [0.15, 0.2) is 63.2 Å². The van der Waals surface area contributed by atoms with Crippen molar-refractivity contribution in [1.29, 1.82) is 0 Å². The molecular weight excluding hydrogens is 498 g/mol. The first-order chi connectivity index (χ1) is 16.4. The average Bonchev–Trinajstić information content (AvgIpc) is 2.83. The number of carbonyl (C=O) groups is 2. The van der Waals surface area contributed by atoms with E-state index in [0.29, 0.717) is 35.6 Å². The SMILES string of the molecule is CCOC(=O)C1C(C)=NC2=C(C(=O)C[C@@H](c3ccc(OC)c(OC)c3)C2)[C@H]1c1ccccc1Br. The Morgan fingerprint density at radius 3 is 2.50 bits per heavy atom. The van der Waals surface area contributed by atoms with Crippen LogP contribution in [0.3, 0.4) is 0 Å². The van der Waals surface area contributed by atoms with Gasteiger partial charge in [-0.3, -0.25) is 14.6 Å². The van der Waals surface area contributed by atoms with Crippen LogP contribution in [0.4, 0.5) is 0 Å². The van der Waals surface area contributed by atoms with Gasteiger partial charge in [-0.1, -0.05) is 40.2 Å². The van der Waals surface area contributed by atoms with Crippen molar-refractivity contribution in [3.05, 3.63) is 69.3 Å². The molecule has 0 amide bonds. The van der Waals surface area contributed by atoms with Gasteiger partial charge in [0.1, 0.15) is 5.92 Å². The monoisotopic (exact) mass is 525 g/mol. The second kappa shape index (κ2) is 10.1. The molecule has 0 radical (unpaired) electrons. The zero-order valence-electron chi connectivity index (χ0n) is 19.8. The van der Waals surface area contributed by atoms with Crippen molar-refractivity contribution in [2.75, 3.05) is 20.8 Å². The highest BCUT2D eigenvalue weighted by molar-refractivity contribution is 9.10. The number of ketones is 1. The van der Waals surface area contributed by atoms with Gasteiger partial charge in [0, 0.05) is 33.8 Å². The van der Waals surface area contributed by atoms with Crippen LogP contribution in [0.25, 0.3) is 0 Å². The largest absolute Gasteiger partial charge is 0.493 e. The number of esters is 1.